The lowest BCUT2D eigenvalue weighted by Gasteiger charge is -2.14. The molecule has 0 aromatic carbocycles. The highest BCUT2D eigenvalue weighted by Gasteiger charge is 2.02. The summed E-state index contributed by atoms with van der Waals surface area (Å²) in [7, 11) is 5.89. The summed E-state index contributed by atoms with van der Waals surface area (Å²) >= 11 is 0. The molecule has 9 heavy (non-hydrogen) atoms. The molecular weight excluding hydrogens is 113 g/mol. The van der Waals surface area contributed by atoms with Crippen LogP contribution in [0.3, 0.4) is 0 Å². The van der Waals surface area contributed by atoms with E-state index in [4.69, 9.17) is 5.11 Å². The number of nitrogens with zero attached hydrogens (tertiary/aromatic N) is 1. The summed E-state index contributed by atoms with van der Waals surface area (Å²) in [4.78, 5) is 1.98. The van der Waals surface area contributed by atoms with Gasteiger partial charge in [0, 0.05) is 6.54 Å². The molecule has 0 aliphatic heterocycles. The van der Waals surface area contributed by atoms with Crippen molar-refractivity contribution >= 4 is 7.28 Å². The van der Waals surface area contributed by atoms with Gasteiger partial charge in [0.2, 0.25) is 0 Å². The van der Waals surface area contributed by atoms with Crippen LogP contribution in [0.2, 0.25) is 13.1 Å². The number of aliphatic hydroxyl groups is 1. The Balaban J connectivity index is 3.15. The van der Waals surface area contributed by atoms with Crippen molar-refractivity contribution < 1.29 is 5.11 Å². The molecule has 0 rings (SSSR count). The average Bonchev–Trinajstić information content (AvgIpc) is 1.63. The third-order valence-electron chi connectivity index (χ3n) is 1.08. The fourth-order valence-corrected chi connectivity index (χ4v) is 0.768. The van der Waals surface area contributed by atoms with Gasteiger partial charge >= 0.3 is 0 Å². The van der Waals surface area contributed by atoms with Crippen LogP contribution < -0.4 is 0 Å². The summed E-state index contributed by atoms with van der Waals surface area (Å²) in [5, 5.41) is 9.15. The van der Waals surface area contributed by atoms with Crippen molar-refractivity contribution in [3.63, 3.8) is 0 Å². The molecule has 0 bridgehead atoms. The number of hydrogen-bond donors (Lipinski definition) is 1. The zero-order valence-electron chi connectivity index (χ0n) is 6.46. The smallest absolute Gasteiger partial charge is 0.109 e. The lowest BCUT2D eigenvalue weighted by molar-refractivity contribution is 0.154. The molecule has 0 aromatic heterocycles. The molecule has 0 aromatic rings. The van der Waals surface area contributed by atoms with E-state index in [1.165, 1.54) is 0 Å². The first kappa shape index (κ1) is 8.98. The topological polar surface area (TPSA) is 23.5 Å². The highest BCUT2D eigenvalue weighted by atomic mass is 16.3. The first-order valence-electron chi connectivity index (χ1n) is 3.27. The van der Waals surface area contributed by atoms with Gasteiger partial charge in [-0.25, -0.2) is 0 Å². The maximum Gasteiger partial charge on any atom is 0.109 e. The van der Waals surface area contributed by atoms with Crippen molar-refractivity contribution in [1.82, 2.24) is 4.90 Å². The van der Waals surface area contributed by atoms with Crippen LogP contribution in [0.1, 0.15) is 0 Å². The minimum absolute atomic E-state index is 0.190. The van der Waals surface area contributed by atoms with Crippen LogP contribution in [0, 0.1) is 0 Å². The molecule has 0 fully saturated rings. The van der Waals surface area contributed by atoms with Gasteiger partial charge in [-0.05, 0) is 14.1 Å². The fraction of sp³-hybridized carbons (Fsp3) is 1.00. The van der Waals surface area contributed by atoms with Gasteiger partial charge in [-0.1, -0.05) is 13.1 Å². The molecule has 0 aliphatic rings. The second-order valence-electron chi connectivity index (χ2n) is 2.56. The fourth-order valence-electron chi connectivity index (χ4n) is 0.768. The Morgan fingerprint density at radius 1 is 1.56 bits per heavy atom. The highest BCUT2D eigenvalue weighted by Crippen LogP contribution is 1.91. The van der Waals surface area contributed by atoms with E-state index in [9.17, 15) is 0 Å². The van der Waals surface area contributed by atoms with E-state index in [0.717, 1.165) is 12.9 Å². The molecule has 53 valence electrons. The standard InChI is InChI=1S/C6H15BNO/c1-7-4-6(9)5-8(2)3/h6,9H,4-5H2,1-3H3. The third-order valence-corrected chi connectivity index (χ3v) is 1.08. The van der Waals surface area contributed by atoms with Crippen LogP contribution in [0.15, 0.2) is 0 Å². The molecule has 0 spiro atoms. The van der Waals surface area contributed by atoms with Crippen molar-refractivity contribution in [3.05, 3.63) is 0 Å². The maximum absolute atomic E-state index is 9.15. The maximum atomic E-state index is 9.15. The second-order valence-corrected chi connectivity index (χ2v) is 2.56. The monoisotopic (exact) mass is 128 g/mol. The zero-order chi connectivity index (χ0) is 7.28. The number of likely N-dealkylation sites (N-methyl/N-ethyl adjacent to an activating group) is 1. The van der Waals surface area contributed by atoms with E-state index in [-0.39, 0.29) is 6.10 Å². The van der Waals surface area contributed by atoms with Gasteiger partial charge in [0.25, 0.3) is 0 Å². The third kappa shape index (κ3) is 5.86. The molecule has 1 radical (unpaired) electrons. The molecule has 3 heteroatoms. The highest BCUT2D eigenvalue weighted by molar-refractivity contribution is 6.33. The Hall–Kier alpha value is -0.0151. The summed E-state index contributed by atoms with van der Waals surface area (Å²) in [5.74, 6) is 0. The molecule has 0 amide bonds. The van der Waals surface area contributed by atoms with Gasteiger partial charge < -0.3 is 10.0 Å². The minimum Gasteiger partial charge on any atom is -0.393 e. The number of hydrogen-bond acceptors (Lipinski definition) is 2. The lowest BCUT2D eigenvalue weighted by Crippen LogP contribution is -2.26. The van der Waals surface area contributed by atoms with Crippen LogP contribution in [-0.4, -0.2) is 44.0 Å². The van der Waals surface area contributed by atoms with Crippen LogP contribution >= 0.6 is 0 Å². The largest absolute Gasteiger partial charge is 0.393 e. The normalized spacial score (nSPS) is 13.9. The predicted molar refractivity (Wildman–Crippen MR) is 41.0 cm³/mol. The SMILES string of the molecule is C[B]CC(O)CN(C)C. The van der Waals surface area contributed by atoms with E-state index < -0.39 is 0 Å². The lowest BCUT2D eigenvalue weighted by atomic mass is 9.75. The Morgan fingerprint density at radius 2 is 2.11 bits per heavy atom. The zero-order valence-corrected chi connectivity index (χ0v) is 6.46. The summed E-state index contributed by atoms with van der Waals surface area (Å²) in [6, 6.07) is 0. The molecule has 1 unspecified atom stereocenters. The average molecular weight is 128 g/mol. The van der Waals surface area contributed by atoms with E-state index in [1.54, 1.807) is 0 Å². The van der Waals surface area contributed by atoms with Crippen LogP contribution in [0.4, 0.5) is 0 Å². The Morgan fingerprint density at radius 3 is 2.44 bits per heavy atom. The van der Waals surface area contributed by atoms with Crippen LogP contribution in [0.5, 0.6) is 0 Å². The summed E-state index contributed by atoms with van der Waals surface area (Å²) in [5.41, 5.74) is 0. The molecule has 1 atom stereocenters. The van der Waals surface area contributed by atoms with Crippen molar-refractivity contribution in [2.75, 3.05) is 20.6 Å². The Kier molecular flexibility index (Phi) is 4.82. The second kappa shape index (κ2) is 4.83. The summed E-state index contributed by atoms with van der Waals surface area (Å²) in [6.45, 7) is 2.71. The van der Waals surface area contributed by atoms with Gasteiger partial charge in [0.15, 0.2) is 0 Å². The van der Waals surface area contributed by atoms with Crippen molar-refractivity contribution in [2.24, 2.45) is 0 Å². The van der Waals surface area contributed by atoms with Gasteiger partial charge in [-0.3, -0.25) is 0 Å². The first-order chi connectivity index (χ1) is 4.16. The quantitative estimate of drug-likeness (QED) is 0.542. The van der Waals surface area contributed by atoms with Crippen molar-refractivity contribution in [3.8, 4) is 0 Å². The van der Waals surface area contributed by atoms with E-state index in [0.29, 0.717) is 0 Å². The molecule has 1 N–H and O–H groups in total. The first-order valence-corrected chi connectivity index (χ1v) is 3.27. The molecule has 0 aliphatic carbocycles. The minimum atomic E-state index is -0.190. The number of rotatable bonds is 4. The Labute approximate surface area is 58.1 Å². The Bertz CT molecular complexity index is 68.1. The van der Waals surface area contributed by atoms with Crippen LogP contribution in [-0.2, 0) is 0 Å². The summed E-state index contributed by atoms with van der Waals surface area (Å²) in [6.07, 6.45) is 0.600. The molecule has 0 saturated heterocycles. The van der Waals surface area contributed by atoms with Crippen molar-refractivity contribution in [1.29, 1.82) is 0 Å². The van der Waals surface area contributed by atoms with Gasteiger partial charge in [-0.15, -0.1) is 0 Å². The molecule has 0 saturated carbocycles. The van der Waals surface area contributed by atoms with Gasteiger partial charge in [-0.2, -0.15) is 0 Å². The molecule has 0 heterocycles. The molecule has 2 nitrogen and oxygen atoms in total. The van der Waals surface area contributed by atoms with Crippen molar-refractivity contribution in [2.45, 2.75) is 19.2 Å². The number of aliphatic hydroxyl groups excluding tert-OH is 1. The van der Waals surface area contributed by atoms with E-state index in [1.807, 2.05) is 33.1 Å². The van der Waals surface area contributed by atoms with E-state index in [2.05, 4.69) is 0 Å². The van der Waals surface area contributed by atoms with E-state index >= 15 is 0 Å². The van der Waals surface area contributed by atoms with Crippen LogP contribution in [0.25, 0.3) is 0 Å². The van der Waals surface area contributed by atoms with Gasteiger partial charge in [0.05, 0.1) is 6.10 Å². The molecular formula is C6H15BNO. The summed E-state index contributed by atoms with van der Waals surface area (Å²) < 4.78 is 0. The predicted octanol–water partition coefficient (Wildman–Crippen LogP) is 0.0795. The van der Waals surface area contributed by atoms with Gasteiger partial charge in [0.1, 0.15) is 7.28 Å².